The van der Waals surface area contributed by atoms with Crippen molar-refractivity contribution in [3.05, 3.63) is 24.3 Å². The fourth-order valence-electron chi connectivity index (χ4n) is 3.40. The van der Waals surface area contributed by atoms with Gasteiger partial charge >= 0.3 is 16.3 Å². The molecular weight excluding hydrogens is 351 g/mol. The number of nitrogens with zero attached hydrogens (tertiary/aromatic N) is 2. The molecule has 7 nitrogen and oxygen atoms in total. The van der Waals surface area contributed by atoms with Crippen molar-refractivity contribution in [2.24, 2.45) is 0 Å². The van der Waals surface area contributed by atoms with Crippen molar-refractivity contribution in [3.8, 4) is 0 Å². The van der Waals surface area contributed by atoms with Gasteiger partial charge in [-0.05, 0) is 25.0 Å². The maximum Gasteiger partial charge on any atom is 0.338 e. The Kier molecular flexibility index (Phi) is 4.59. The smallest absolute Gasteiger partial charge is 0.274 e. The summed E-state index contributed by atoms with van der Waals surface area (Å²) in [6.45, 7) is 0. The van der Waals surface area contributed by atoms with E-state index in [-0.39, 0.29) is 11.7 Å². The Hall–Kier alpha value is -2.29. The lowest BCUT2D eigenvalue weighted by Gasteiger charge is -2.39. The maximum atomic E-state index is 13.6. The Morgan fingerprint density at radius 3 is 2.24 bits per heavy atom. The second-order valence-electron chi connectivity index (χ2n) is 6.15. The topological polar surface area (TPSA) is 91.8 Å². The first-order chi connectivity index (χ1) is 11.8. The molecule has 0 bridgehead atoms. The van der Waals surface area contributed by atoms with Crippen LogP contribution in [0.25, 0.3) is 0 Å². The van der Waals surface area contributed by atoms with Gasteiger partial charge in [0.05, 0.1) is 5.69 Å². The molecule has 0 N–H and O–H groups in total. The number of benzene rings is 1. The van der Waals surface area contributed by atoms with Crippen LogP contribution in [-0.2, 0) is 19.8 Å². The largest absolute Gasteiger partial charge is 0.338 e. The lowest BCUT2D eigenvalue weighted by atomic mass is 9.93. The molecule has 1 aliphatic carbocycles. The van der Waals surface area contributed by atoms with E-state index in [1.165, 1.54) is 18.2 Å². The van der Waals surface area contributed by atoms with E-state index in [9.17, 15) is 26.7 Å². The van der Waals surface area contributed by atoms with Crippen molar-refractivity contribution in [2.45, 2.75) is 49.5 Å². The molecule has 1 saturated carbocycles. The summed E-state index contributed by atoms with van der Waals surface area (Å²) in [5.74, 6) is -1.46. The van der Waals surface area contributed by atoms with Gasteiger partial charge in [-0.25, -0.2) is 9.69 Å². The molecule has 9 heteroatoms. The van der Waals surface area contributed by atoms with Gasteiger partial charge in [0.15, 0.2) is 0 Å². The normalized spacial score (nSPS) is 20.3. The first-order valence-electron chi connectivity index (χ1n) is 8.03. The summed E-state index contributed by atoms with van der Waals surface area (Å²) in [4.78, 5) is 38.2. The second-order valence-corrected chi connectivity index (χ2v) is 7.47. The molecule has 1 aromatic carbocycles. The minimum absolute atomic E-state index is 0.321. The van der Waals surface area contributed by atoms with E-state index in [1.54, 1.807) is 0 Å². The number of barbiturate groups is 1. The Bertz CT molecular complexity index is 833. The van der Waals surface area contributed by atoms with Gasteiger partial charge in [-0.15, -0.1) is 3.89 Å². The van der Waals surface area contributed by atoms with Crippen molar-refractivity contribution in [3.63, 3.8) is 0 Å². The molecule has 2 aliphatic rings. The van der Waals surface area contributed by atoms with E-state index < -0.39 is 39.4 Å². The molecule has 3 rings (SSSR count). The Labute approximate surface area is 144 Å². The fraction of sp³-hybridized carbons (Fsp3) is 0.438. The maximum absolute atomic E-state index is 13.6. The standard InChI is InChI=1S/C16H17FN2O5S/c17-25(23,24)13-9-5-4-8-12(13)19-15(21)10-14(20)18(16(19)22)11-6-2-1-3-7-11/h4-5,8-9,11H,1-3,6-7,10H2. The zero-order chi connectivity index (χ0) is 18.2. The third-order valence-electron chi connectivity index (χ3n) is 4.53. The predicted octanol–water partition coefficient (Wildman–Crippen LogP) is 2.36. The summed E-state index contributed by atoms with van der Waals surface area (Å²) in [6.07, 6.45) is 3.47. The second kappa shape index (κ2) is 6.55. The van der Waals surface area contributed by atoms with Crippen molar-refractivity contribution >= 4 is 33.8 Å². The molecule has 4 amide bonds. The molecule has 2 fully saturated rings. The summed E-state index contributed by atoms with van der Waals surface area (Å²) in [7, 11) is -5.14. The number of para-hydroxylation sites is 1. The number of hydrogen-bond donors (Lipinski definition) is 0. The predicted molar refractivity (Wildman–Crippen MR) is 86.0 cm³/mol. The number of amides is 4. The molecule has 1 heterocycles. The third kappa shape index (κ3) is 3.28. The zero-order valence-electron chi connectivity index (χ0n) is 13.4. The lowest BCUT2D eigenvalue weighted by molar-refractivity contribution is -0.136. The molecule has 25 heavy (non-hydrogen) atoms. The monoisotopic (exact) mass is 368 g/mol. The van der Waals surface area contributed by atoms with Crippen LogP contribution in [0.4, 0.5) is 14.4 Å². The van der Waals surface area contributed by atoms with Crippen LogP contribution in [0.15, 0.2) is 29.2 Å². The third-order valence-corrected chi connectivity index (χ3v) is 5.40. The summed E-state index contributed by atoms with van der Waals surface area (Å²) < 4.78 is 36.3. The van der Waals surface area contributed by atoms with Crippen molar-refractivity contribution < 1.29 is 26.7 Å². The van der Waals surface area contributed by atoms with Gasteiger partial charge < -0.3 is 0 Å². The Balaban J connectivity index is 2.03. The molecule has 1 aromatic rings. The van der Waals surface area contributed by atoms with Crippen LogP contribution in [0.5, 0.6) is 0 Å². The number of anilines is 1. The van der Waals surface area contributed by atoms with Gasteiger partial charge in [-0.1, -0.05) is 31.4 Å². The molecule has 0 atom stereocenters. The van der Waals surface area contributed by atoms with Gasteiger partial charge in [0, 0.05) is 6.04 Å². The van der Waals surface area contributed by atoms with Crippen molar-refractivity contribution in [1.29, 1.82) is 0 Å². The number of carbonyl (C=O) groups excluding carboxylic acids is 3. The van der Waals surface area contributed by atoms with Crippen LogP contribution in [0.3, 0.4) is 0 Å². The minimum atomic E-state index is -5.14. The van der Waals surface area contributed by atoms with E-state index in [4.69, 9.17) is 0 Å². The highest BCUT2D eigenvalue weighted by atomic mass is 32.3. The summed E-state index contributed by atoms with van der Waals surface area (Å²) >= 11 is 0. The first-order valence-corrected chi connectivity index (χ1v) is 9.41. The number of halogens is 1. The number of hydrogen-bond acceptors (Lipinski definition) is 5. The zero-order valence-corrected chi connectivity index (χ0v) is 14.2. The van der Waals surface area contributed by atoms with Gasteiger partial charge in [-0.2, -0.15) is 8.42 Å². The van der Waals surface area contributed by atoms with Gasteiger partial charge in [0.1, 0.15) is 11.3 Å². The lowest BCUT2D eigenvalue weighted by Crippen LogP contribution is -2.59. The summed E-state index contributed by atoms with van der Waals surface area (Å²) in [6, 6.07) is 3.61. The van der Waals surface area contributed by atoms with Gasteiger partial charge in [-0.3, -0.25) is 14.5 Å². The number of urea groups is 1. The molecule has 134 valence electrons. The van der Waals surface area contributed by atoms with E-state index >= 15 is 0 Å². The van der Waals surface area contributed by atoms with E-state index in [0.29, 0.717) is 17.7 Å². The van der Waals surface area contributed by atoms with Crippen molar-refractivity contribution in [2.75, 3.05) is 4.90 Å². The molecular formula is C16H17FN2O5S. The average Bonchev–Trinajstić information content (AvgIpc) is 2.55. The molecule has 0 radical (unpaired) electrons. The van der Waals surface area contributed by atoms with Crippen LogP contribution in [0.2, 0.25) is 0 Å². The van der Waals surface area contributed by atoms with Gasteiger partial charge in [0.2, 0.25) is 11.8 Å². The van der Waals surface area contributed by atoms with Crippen LogP contribution < -0.4 is 4.90 Å². The molecule has 0 unspecified atom stereocenters. The minimum Gasteiger partial charge on any atom is -0.274 e. The summed E-state index contributed by atoms with van der Waals surface area (Å²) in [5.41, 5.74) is -0.367. The molecule has 0 spiro atoms. The summed E-state index contributed by atoms with van der Waals surface area (Å²) in [5, 5.41) is 0. The Morgan fingerprint density at radius 2 is 1.60 bits per heavy atom. The SMILES string of the molecule is O=C1CC(=O)N(C2CCCCC2)C(=O)N1c1ccccc1S(=O)(=O)F. The van der Waals surface area contributed by atoms with Crippen LogP contribution in [-0.4, -0.2) is 37.2 Å². The molecule has 1 saturated heterocycles. The highest BCUT2D eigenvalue weighted by molar-refractivity contribution is 7.86. The quantitative estimate of drug-likeness (QED) is 0.603. The fourth-order valence-corrected chi connectivity index (χ4v) is 4.05. The molecule has 0 aromatic heterocycles. The van der Waals surface area contributed by atoms with E-state index in [2.05, 4.69) is 0 Å². The first kappa shape index (κ1) is 17.5. The van der Waals surface area contributed by atoms with Crippen LogP contribution >= 0.6 is 0 Å². The number of rotatable bonds is 3. The van der Waals surface area contributed by atoms with Crippen LogP contribution in [0, 0.1) is 0 Å². The van der Waals surface area contributed by atoms with Gasteiger partial charge in [0.25, 0.3) is 0 Å². The molecule has 1 aliphatic heterocycles. The highest BCUT2D eigenvalue weighted by Crippen LogP contribution is 2.32. The van der Waals surface area contributed by atoms with E-state index in [0.717, 1.165) is 30.2 Å². The van der Waals surface area contributed by atoms with Crippen molar-refractivity contribution in [1.82, 2.24) is 4.90 Å². The number of imide groups is 2. The van der Waals surface area contributed by atoms with E-state index in [1.807, 2.05) is 0 Å². The average molecular weight is 368 g/mol. The highest BCUT2D eigenvalue weighted by Gasteiger charge is 2.43. The van der Waals surface area contributed by atoms with Crippen LogP contribution in [0.1, 0.15) is 38.5 Å². The number of carbonyl (C=O) groups is 3. The Morgan fingerprint density at radius 1 is 0.960 bits per heavy atom.